The Morgan fingerprint density at radius 2 is 1.48 bits per heavy atom. The molecule has 0 bridgehead atoms. The standard InChI is InChI=1S/C21H17NO/c1-12-13(2)21(23)20-11-19-15(4)22(16-8-6-5-7-9-16)14(3)18(19)10-17(12)20/h5-11,13H,1,3-4H2,2H3. The van der Waals surface area contributed by atoms with Gasteiger partial charge < -0.3 is 4.57 Å². The van der Waals surface area contributed by atoms with Crippen molar-refractivity contribution in [2.24, 2.45) is 5.92 Å². The van der Waals surface area contributed by atoms with E-state index < -0.39 is 0 Å². The maximum absolute atomic E-state index is 12.4. The summed E-state index contributed by atoms with van der Waals surface area (Å²) in [7, 11) is 0. The quantitative estimate of drug-likeness (QED) is 0.676. The second kappa shape index (κ2) is 4.56. The highest BCUT2D eigenvalue weighted by molar-refractivity contribution is 6.15. The molecule has 3 aromatic rings. The summed E-state index contributed by atoms with van der Waals surface area (Å²) in [5.74, 6) is 0.00339. The van der Waals surface area contributed by atoms with E-state index in [2.05, 4.69) is 19.7 Å². The number of ketones is 1. The largest absolute Gasteiger partial charge is 0.310 e. The maximum Gasteiger partial charge on any atom is 0.170 e. The third-order valence-electron chi connectivity index (χ3n) is 4.86. The summed E-state index contributed by atoms with van der Waals surface area (Å²) < 4.78 is 2.04. The average molecular weight is 299 g/mol. The highest BCUT2D eigenvalue weighted by Gasteiger charge is 2.31. The van der Waals surface area contributed by atoms with E-state index in [0.717, 1.165) is 43.9 Å². The molecule has 0 fully saturated rings. The number of benzene rings is 2. The molecule has 0 amide bonds. The third kappa shape index (κ3) is 1.72. The molecule has 0 saturated carbocycles. The fraction of sp³-hybridized carbons (Fsp3) is 0.0952. The Morgan fingerprint density at radius 1 is 0.913 bits per heavy atom. The summed E-state index contributed by atoms with van der Waals surface area (Å²) >= 11 is 0. The highest BCUT2D eigenvalue weighted by atomic mass is 16.1. The molecule has 1 aromatic heterocycles. The predicted molar refractivity (Wildman–Crippen MR) is 96.1 cm³/mol. The van der Waals surface area contributed by atoms with Gasteiger partial charge in [0.05, 0.1) is 0 Å². The molecule has 112 valence electrons. The maximum atomic E-state index is 12.4. The lowest BCUT2D eigenvalue weighted by molar-refractivity contribution is 0.0966. The minimum absolute atomic E-state index is 0.140. The van der Waals surface area contributed by atoms with E-state index in [9.17, 15) is 4.79 Å². The Hall–Kier alpha value is -2.87. The third-order valence-corrected chi connectivity index (χ3v) is 4.86. The van der Waals surface area contributed by atoms with Gasteiger partial charge in [-0.15, -0.1) is 0 Å². The Morgan fingerprint density at radius 3 is 2.09 bits per heavy atom. The number of carbonyl (C=O) groups is 1. The molecule has 2 aromatic carbocycles. The topological polar surface area (TPSA) is 22.0 Å². The Bertz CT molecular complexity index is 1020. The van der Waals surface area contributed by atoms with Gasteiger partial charge in [-0.3, -0.25) is 4.79 Å². The van der Waals surface area contributed by atoms with Crippen molar-refractivity contribution in [3.05, 3.63) is 70.9 Å². The average Bonchev–Trinajstić information content (AvgIpc) is 2.94. The van der Waals surface area contributed by atoms with Crippen LogP contribution in [0.15, 0.2) is 49.0 Å². The normalized spacial score (nSPS) is 17.0. The molecule has 2 heteroatoms. The number of aromatic nitrogens is 1. The predicted octanol–water partition coefficient (Wildman–Crippen LogP) is 3.30. The summed E-state index contributed by atoms with van der Waals surface area (Å²) in [6.07, 6.45) is 0. The van der Waals surface area contributed by atoms with Crippen molar-refractivity contribution in [3.8, 4) is 5.69 Å². The Balaban J connectivity index is 2.10. The second-order valence-electron chi connectivity index (χ2n) is 6.12. The fourth-order valence-electron chi connectivity index (χ4n) is 3.46. The lowest BCUT2D eigenvalue weighted by Crippen LogP contribution is -2.22. The lowest BCUT2D eigenvalue weighted by Gasteiger charge is -2.03. The first kappa shape index (κ1) is 13.8. The monoisotopic (exact) mass is 299 g/mol. The van der Waals surface area contributed by atoms with Gasteiger partial charge in [-0.1, -0.05) is 44.9 Å². The number of allylic oxidation sites excluding steroid dienone is 1. The molecular weight excluding hydrogens is 282 g/mol. The van der Waals surface area contributed by atoms with E-state index in [4.69, 9.17) is 0 Å². The highest BCUT2D eigenvalue weighted by Crippen LogP contribution is 2.36. The van der Waals surface area contributed by atoms with Gasteiger partial charge in [0.15, 0.2) is 5.78 Å². The zero-order valence-electron chi connectivity index (χ0n) is 13.1. The van der Waals surface area contributed by atoms with Crippen LogP contribution < -0.4 is 10.7 Å². The van der Waals surface area contributed by atoms with Crippen molar-refractivity contribution in [2.45, 2.75) is 6.92 Å². The van der Waals surface area contributed by atoms with Crippen LogP contribution in [-0.2, 0) is 0 Å². The molecule has 0 radical (unpaired) electrons. The second-order valence-corrected chi connectivity index (χ2v) is 6.12. The van der Waals surface area contributed by atoms with Gasteiger partial charge in [-0.25, -0.2) is 0 Å². The van der Waals surface area contributed by atoms with Crippen molar-refractivity contribution in [1.29, 1.82) is 0 Å². The van der Waals surface area contributed by atoms with Crippen LogP contribution in [0.2, 0.25) is 0 Å². The van der Waals surface area contributed by atoms with Gasteiger partial charge in [0.25, 0.3) is 0 Å². The molecule has 1 heterocycles. The van der Waals surface area contributed by atoms with Crippen LogP contribution in [0, 0.1) is 5.92 Å². The molecule has 2 nitrogen and oxygen atoms in total. The van der Waals surface area contributed by atoms with Gasteiger partial charge in [-0.05, 0) is 35.4 Å². The molecule has 4 rings (SSSR count). The van der Waals surface area contributed by atoms with Crippen LogP contribution >= 0.6 is 0 Å². The first-order chi connectivity index (χ1) is 11.0. The molecule has 1 aliphatic rings. The van der Waals surface area contributed by atoms with Gasteiger partial charge >= 0.3 is 0 Å². The van der Waals surface area contributed by atoms with Crippen LogP contribution in [0.25, 0.3) is 35.2 Å². The Kier molecular flexibility index (Phi) is 2.73. The van der Waals surface area contributed by atoms with Gasteiger partial charge in [0.2, 0.25) is 0 Å². The summed E-state index contributed by atoms with van der Waals surface area (Å²) in [6, 6.07) is 14.0. The van der Waals surface area contributed by atoms with Crippen molar-refractivity contribution < 1.29 is 4.79 Å². The summed E-state index contributed by atoms with van der Waals surface area (Å²) in [6.45, 7) is 14.5. The van der Waals surface area contributed by atoms with Crippen LogP contribution in [0.5, 0.6) is 0 Å². The van der Waals surface area contributed by atoms with Crippen molar-refractivity contribution in [1.82, 2.24) is 4.57 Å². The number of nitrogens with zero attached hydrogens (tertiary/aromatic N) is 1. The minimum Gasteiger partial charge on any atom is -0.310 e. The van der Waals surface area contributed by atoms with Crippen molar-refractivity contribution >= 4 is 35.3 Å². The fourth-order valence-corrected chi connectivity index (χ4v) is 3.46. The van der Waals surface area contributed by atoms with Crippen molar-refractivity contribution in [2.75, 3.05) is 0 Å². The number of hydrogen-bond donors (Lipinski definition) is 0. The van der Waals surface area contributed by atoms with Gasteiger partial charge in [-0.2, -0.15) is 0 Å². The SMILES string of the molecule is C=C1c2cc3c(=C)n(-c4ccccc4)c(=C)c3cc2C(=O)C1C. The number of carbonyl (C=O) groups excluding carboxylic acids is 1. The van der Waals surface area contributed by atoms with E-state index in [1.54, 1.807) is 0 Å². The lowest BCUT2D eigenvalue weighted by atomic mass is 10.0. The first-order valence-electron chi connectivity index (χ1n) is 7.66. The summed E-state index contributed by atoms with van der Waals surface area (Å²) in [5.41, 5.74) is 3.62. The smallest absolute Gasteiger partial charge is 0.170 e. The summed E-state index contributed by atoms with van der Waals surface area (Å²) in [4.78, 5) is 12.4. The first-order valence-corrected chi connectivity index (χ1v) is 7.66. The van der Waals surface area contributed by atoms with Crippen LogP contribution in [0.4, 0.5) is 0 Å². The molecular formula is C21H17NO. The molecule has 1 unspecified atom stereocenters. The summed E-state index contributed by atoms with van der Waals surface area (Å²) in [5, 5.41) is 3.75. The van der Waals surface area contributed by atoms with E-state index in [0.29, 0.717) is 0 Å². The van der Waals surface area contributed by atoms with E-state index in [-0.39, 0.29) is 11.7 Å². The molecule has 1 atom stereocenters. The van der Waals surface area contributed by atoms with Gasteiger partial charge in [0.1, 0.15) is 0 Å². The van der Waals surface area contributed by atoms with Crippen LogP contribution in [0.3, 0.4) is 0 Å². The number of fused-ring (bicyclic) bond motifs is 2. The molecule has 0 spiro atoms. The molecule has 23 heavy (non-hydrogen) atoms. The van der Waals surface area contributed by atoms with Crippen LogP contribution in [-0.4, -0.2) is 10.4 Å². The molecule has 0 saturated heterocycles. The minimum atomic E-state index is -0.140. The van der Waals surface area contributed by atoms with Gasteiger partial charge in [0, 0.05) is 38.6 Å². The van der Waals surface area contributed by atoms with E-state index in [1.165, 1.54) is 0 Å². The molecule has 1 aliphatic carbocycles. The van der Waals surface area contributed by atoms with Crippen molar-refractivity contribution in [3.63, 3.8) is 0 Å². The number of rotatable bonds is 1. The molecule has 0 N–H and O–H groups in total. The van der Waals surface area contributed by atoms with E-state index >= 15 is 0 Å². The van der Waals surface area contributed by atoms with E-state index in [1.807, 2.05) is 54.0 Å². The zero-order valence-corrected chi connectivity index (χ0v) is 13.1. The number of hydrogen-bond acceptors (Lipinski definition) is 1. The Labute approximate surface area is 134 Å². The number of Topliss-reactive ketones (excluding diaryl/α,β-unsaturated/α-hetero) is 1. The van der Waals surface area contributed by atoms with Crippen LogP contribution in [0.1, 0.15) is 22.8 Å². The molecule has 0 aliphatic heterocycles. The zero-order chi connectivity index (χ0) is 16.3. The number of para-hydroxylation sites is 1.